The number of nitro benzene ring substituents is 1. The monoisotopic (exact) mass is 280 g/mol. The van der Waals surface area contributed by atoms with Crippen molar-refractivity contribution in [2.75, 3.05) is 20.2 Å². The van der Waals surface area contributed by atoms with E-state index in [1.807, 2.05) is 7.05 Å². The first-order valence-electron chi connectivity index (χ1n) is 6.34. The van der Waals surface area contributed by atoms with Crippen molar-refractivity contribution in [3.8, 4) is 5.75 Å². The highest BCUT2D eigenvalue weighted by molar-refractivity contribution is 5.92. The van der Waals surface area contributed by atoms with Gasteiger partial charge in [-0.3, -0.25) is 10.1 Å². The highest BCUT2D eigenvalue weighted by atomic mass is 16.6. The number of benzene rings is 1. The molecule has 0 aromatic heterocycles. The maximum Gasteiger partial charge on any atom is 0.339 e. The Morgan fingerprint density at radius 1 is 1.55 bits per heavy atom. The van der Waals surface area contributed by atoms with Crippen LogP contribution in [0, 0.1) is 10.1 Å². The summed E-state index contributed by atoms with van der Waals surface area (Å²) >= 11 is 0. The summed E-state index contributed by atoms with van der Waals surface area (Å²) in [5.41, 5.74) is -0.507. The van der Waals surface area contributed by atoms with Crippen LogP contribution in [0.5, 0.6) is 5.75 Å². The van der Waals surface area contributed by atoms with E-state index in [0.717, 1.165) is 12.8 Å². The van der Waals surface area contributed by atoms with Gasteiger partial charge in [-0.25, -0.2) is 4.79 Å². The number of para-hydroxylation sites is 1. The molecule has 1 N–H and O–H groups in total. The first kappa shape index (κ1) is 14.3. The third-order valence-electron chi connectivity index (χ3n) is 3.28. The molecule has 0 amide bonds. The Bertz CT molecular complexity index is 495. The molecule has 0 atom stereocenters. The molecule has 2 rings (SSSR count). The van der Waals surface area contributed by atoms with Gasteiger partial charge in [-0.05, 0) is 26.0 Å². The van der Waals surface area contributed by atoms with Crippen molar-refractivity contribution in [3.63, 3.8) is 0 Å². The molecule has 7 heteroatoms. The van der Waals surface area contributed by atoms with Gasteiger partial charge in [0.15, 0.2) is 0 Å². The van der Waals surface area contributed by atoms with Gasteiger partial charge >= 0.3 is 11.7 Å². The van der Waals surface area contributed by atoms with Gasteiger partial charge in [0, 0.05) is 18.7 Å². The summed E-state index contributed by atoms with van der Waals surface area (Å²) in [6, 6.07) is 4.44. The van der Waals surface area contributed by atoms with Crippen LogP contribution < -0.4 is 4.74 Å². The maximum absolute atomic E-state index is 11.1. The predicted octanol–water partition coefficient (Wildman–Crippen LogP) is 1.77. The average Bonchev–Trinajstić information content (AvgIpc) is 3.22. The third-order valence-corrected chi connectivity index (χ3v) is 3.28. The number of carbonyl (C=O) groups is 1. The van der Waals surface area contributed by atoms with E-state index in [2.05, 4.69) is 4.90 Å². The van der Waals surface area contributed by atoms with Crippen LogP contribution in [0.1, 0.15) is 23.2 Å². The molecule has 0 spiro atoms. The van der Waals surface area contributed by atoms with Gasteiger partial charge in [0.1, 0.15) is 12.2 Å². The van der Waals surface area contributed by atoms with Gasteiger partial charge in [-0.1, -0.05) is 6.07 Å². The van der Waals surface area contributed by atoms with Crippen LogP contribution in [-0.4, -0.2) is 47.1 Å². The van der Waals surface area contributed by atoms with E-state index in [1.165, 1.54) is 18.2 Å². The lowest BCUT2D eigenvalue weighted by Gasteiger charge is -2.16. The Hall–Kier alpha value is -2.15. The van der Waals surface area contributed by atoms with E-state index in [1.54, 1.807) is 0 Å². The lowest BCUT2D eigenvalue weighted by atomic mass is 10.2. The van der Waals surface area contributed by atoms with Crippen LogP contribution in [0.25, 0.3) is 0 Å². The number of nitrogens with zero attached hydrogens (tertiary/aromatic N) is 2. The van der Waals surface area contributed by atoms with Gasteiger partial charge in [0.05, 0.1) is 4.92 Å². The Kier molecular flexibility index (Phi) is 4.19. The molecule has 1 fully saturated rings. The van der Waals surface area contributed by atoms with Crippen LogP contribution in [0.3, 0.4) is 0 Å². The summed E-state index contributed by atoms with van der Waals surface area (Å²) in [7, 11) is 1.96. The number of ether oxygens (including phenoxy) is 1. The van der Waals surface area contributed by atoms with Gasteiger partial charge < -0.3 is 14.7 Å². The van der Waals surface area contributed by atoms with Crippen molar-refractivity contribution in [3.05, 3.63) is 33.9 Å². The molecule has 1 aliphatic rings. The summed E-state index contributed by atoms with van der Waals surface area (Å²) in [5.74, 6) is -1.41. The van der Waals surface area contributed by atoms with Crippen molar-refractivity contribution in [1.29, 1.82) is 0 Å². The Morgan fingerprint density at radius 2 is 2.25 bits per heavy atom. The highest BCUT2D eigenvalue weighted by Crippen LogP contribution is 2.31. The fourth-order valence-corrected chi connectivity index (χ4v) is 1.98. The normalized spacial score (nSPS) is 14.3. The summed E-state index contributed by atoms with van der Waals surface area (Å²) in [5, 5.41) is 20.0. The molecule has 20 heavy (non-hydrogen) atoms. The molecule has 1 saturated carbocycles. The molecule has 0 radical (unpaired) electrons. The Labute approximate surface area is 115 Å². The molecule has 1 aliphatic carbocycles. The van der Waals surface area contributed by atoms with Crippen LogP contribution in [-0.2, 0) is 0 Å². The van der Waals surface area contributed by atoms with Crippen LogP contribution in [0.15, 0.2) is 18.2 Å². The van der Waals surface area contributed by atoms with Crippen molar-refractivity contribution in [2.24, 2.45) is 0 Å². The van der Waals surface area contributed by atoms with Crippen LogP contribution >= 0.6 is 0 Å². The minimum absolute atomic E-state index is 0.172. The van der Waals surface area contributed by atoms with Crippen molar-refractivity contribution in [1.82, 2.24) is 4.90 Å². The Balaban J connectivity index is 2.10. The number of hydrogen-bond donors (Lipinski definition) is 1. The minimum atomic E-state index is -1.24. The standard InChI is InChI=1S/C13H16N2O5/c1-14(9-5-6-9)7-8-20-12-10(13(16)17)3-2-4-11(12)15(18)19/h2-4,9H,5-8H2,1H3,(H,16,17). The zero-order chi connectivity index (χ0) is 14.7. The maximum atomic E-state index is 11.1. The molecule has 0 aliphatic heterocycles. The average molecular weight is 280 g/mol. The SMILES string of the molecule is CN(CCOc1c(C(=O)O)cccc1[N+](=O)[O-])C1CC1. The van der Waals surface area contributed by atoms with E-state index in [-0.39, 0.29) is 23.6 Å². The fourth-order valence-electron chi connectivity index (χ4n) is 1.98. The second-order valence-electron chi connectivity index (χ2n) is 4.78. The van der Waals surface area contributed by atoms with Crippen LogP contribution in [0.2, 0.25) is 0 Å². The zero-order valence-corrected chi connectivity index (χ0v) is 11.1. The number of rotatable bonds is 7. The molecule has 1 aromatic carbocycles. The largest absolute Gasteiger partial charge is 0.485 e. The van der Waals surface area contributed by atoms with Gasteiger partial charge in [0.25, 0.3) is 0 Å². The number of carboxylic acid groups (broad SMARTS) is 1. The quantitative estimate of drug-likeness (QED) is 0.604. The fraction of sp³-hybridized carbons (Fsp3) is 0.462. The van der Waals surface area contributed by atoms with Crippen molar-refractivity contribution >= 4 is 11.7 Å². The van der Waals surface area contributed by atoms with Gasteiger partial charge in [-0.2, -0.15) is 0 Å². The van der Waals surface area contributed by atoms with Crippen LogP contribution in [0.4, 0.5) is 5.69 Å². The third kappa shape index (κ3) is 3.24. The number of likely N-dealkylation sites (N-methyl/N-ethyl adjacent to an activating group) is 1. The van der Waals surface area contributed by atoms with Crippen molar-refractivity contribution < 1.29 is 19.6 Å². The Morgan fingerprint density at radius 3 is 2.80 bits per heavy atom. The first-order chi connectivity index (χ1) is 9.50. The first-order valence-corrected chi connectivity index (χ1v) is 6.34. The van der Waals surface area contributed by atoms with E-state index in [9.17, 15) is 14.9 Å². The lowest BCUT2D eigenvalue weighted by Crippen LogP contribution is -2.26. The summed E-state index contributed by atoms with van der Waals surface area (Å²) < 4.78 is 5.38. The second-order valence-corrected chi connectivity index (χ2v) is 4.78. The smallest absolute Gasteiger partial charge is 0.339 e. The topological polar surface area (TPSA) is 92.9 Å². The molecule has 0 heterocycles. The molecular formula is C13H16N2O5. The van der Waals surface area contributed by atoms with Gasteiger partial charge in [0.2, 0.25) is 5.75 Å². The van der Waals surface area contributed by atoms with Gasteiger partial charge in [-0.15, -0.1) is 0 Å². The van der Waals surface area contributed by atoms with E-state index < -0.39 is 10.9 Å². The molecule has 0 unspecified atom stereocenters. The zero-order valence-electron chi connectivity index (χ0n) is 11.1. The number of hydrogen-bond acceptors (Lipinski definition) is 5. The van der Waals surface area contributed by atoms with E-state index in [0.29, 0.717) is 12.6 Å². The molecule has 108 valence electrons. The number of nitro groups is 1. The summed E-state index contributed by atoms with van der Waals surface area (Å²) in [6.07, 6.45) is 2.31. The molecule has 1 aromatic rings. The molecule has 0 saturated heterocycles. The van der Waals surface area contributed by atoms with Crippen molar-refractivity contribution in [2.45, 2.75) is 18.9 Å². The highest BCUT2D eigenvalue weighted by Gasteiger charge is 2.27. The summed E-state index contributed by atoms with van der Waals surface area (Å²) in [4.78, 5) is 23.5. The number of aromatic carboxylic acids is 1. The summed E-state index contributed by atoms with van der Waals surface area (Å²) in [6.45, 7) is 0.827. The molecule has 0 bridgehead atoms. The predicted molar refractivity (Wildman–Crippen MR) is 71.2 cm³/mol. The lowest BCUT2D eigenvalue weighted by molar-refractivity contribution is -0.385. The van der Waals surface area contributed by atoms with E-state index >= 15 is 0 Å². The molecular weight excluding hydrogens is 264 g/mol. The van der Waals surface area contributed by atoms with E-state index in [4.69, 9.17) is 9.84 Å². The second kappa shape index (κ2) is 5.87. The number of carboxylic acids is 1. The molecule has 7 nitrogen and oxygen atoms in total. The minimum Gasteiger partial charge on any atom is -0.485 e.